The highest BCUT2D eigenvalue weighted by atomic mass is 32.2. The molecule has 3 aliphatic rings. The second kappa shape index (κ2) is 8.36. The predicted octanol–water partition coefficient (Wildman–Crippen LogP) is 1.82. The molecule has 0 radical (unpaired) electrons. The lowest BCUT2D eigenvalue weighted by Crippen LogP contribution is -2.63. The fourth-order valence-corrected chi connectivity index (χ4v) is 6.79. The van der Waals surface area contributed by atoms with Crippen molar-refractivity contribution in [2.75, 3.05) is 12.4 Å². The number of aliphatic carboxylic acids is 2. The van der Waals surface area contributed by atoms with Gasteiger partial charge < -0.3 is 25.0 Å². The number of aliphatic hydroxyl groups excluding tert-OH is 1. The van der Waals surface area contributed by atoms with E-state index in [4.69, 9.17) is 9.84 Å². The Hall–Kier alpha value is -2.96. The van der Waals surface area contributed by atoms with Crippen LogP contribution in [-0.4, -0.2) is 78.6 Å². The van der Waals surface area contributed by atoms with E-state index in [9.17, 15) is 24.6 Å². The summed E-state index contributed by atoms with van der Waals surface area (Å²) in [5.41, 5.74) is 1.17. The molecule has 5 atom stereocenters. The van der Waals surface area contributed by atoms with Crippen molar-refractivity contribution in [2.24, 2.45) is 16.8 Å². The van der Waals surface area contributed by atoms with E-state index in [0.29, 0.717) is 27.1 Å². The molecular weight excluding hydrogens is 482 g/mol. The molecule has 4 heterocycles. The minimum absolute atomic E-state index is 0.00434. The molecule has 0 bridgehead atoms. The van der Waals surface area contributed by atoms with Crippen molar-refractivity contribution in [3.63, 3.8) is 0 Å². The number of carboxylic acids is 2. The molecule has 10 nitrogen and oxygen atoms in total. The molecule has 3 aliphatic heterocycles. The maximum atomic E-state index is 12.5. The third-order valence-corrected chi connectivity index (χ3v) is 8.60. The summed E-state index contributed by atoms with van der Waals surface area (Å²) in [6.07, 6.45) is -0.858. The first-order chi connectivity index (χ1) is 16.2. The highest BCUT2D eigenvalue weighted by Gasteiger charge is 2.59. The number of ether oxygens (including phenoxy) is 1. The van der Waals surface area contributed by atoms with Gasteiger partial charge in [-0.2, -0.15) is 0 Å². The average molecular weight is 504 g/mol. The lowest BCUT2D eigenvalue weighted by atomic mass is 9.78. The Morgan fingerprint density at radius 1 is 1.32 bits per heavy atom. The number of amides is 1. The van der Waals surface area contributed by atoms with Gasteiger partial charge in [-0.25, -0.2) is 14.6 Å². The largest absolute Gasteiger partial charge is 0.489 e. The molecular formula is C22H21N3O7S2. The van der Waals surface area contributed by atoms with E-state index >= 15 is 0 Å². The van der Waals surface area contributed by atoms with Gasteiger partial charge in [0.25, 0.3) is 0 Å². The zero-order valence-corrected chi connectivity index (χ0v) is 19.8. The number of β-lactam (4-membered cyclic amide) rings is 1. The Kier molecular flexibility index (Phi) is 5.61. The average Bonchev–Trinajstić information content (AvgIpc) is 3.47. The second-order valence-corrected chi connectivity index (χ2v) is 10.5. The number of aromatic nitrogens is 1. The standard InChI is InChI=1S/C22H21N3O7S2/c1-8-11(17(22(30)31)25-16(8)15(9(2)26)20(25)27)6-32-10-3-4-12-14(5-10)34-19(23-12)18-24-13(7-33-18)21(28)29/h3-5,8-9,13,15-16,26H,6-7H2,1-2H3,(H,28,29)(H,30,31)/t8-,9+,13?,15+,16?/m0/s1. The fraction of sp³-hybridized carbons (Fsp3) is 0.409. The summed E-state index contributed by atoms with van der Waals surface area (Å²) in [6, 6.07) is 4.16. The summed E-state index contributed by atoms with van der Waals surface area (Å²) >= 11 is 2.74. The number of fused-ring (bicyclic) bond motifs is 2. The summed E-state index contributed by atoms with van der Waals surface area (Å²) in [7, 11) is 0. The molecule has 1 amide bonds. The van der Waals surface area contributed by atoms with Crippen molar-refractivity contribution in [1.29, 1.82) is 0 Å². The van der Waals surface area contributed by atoms with E-state index in [2.05, 4.69) is 9.98 Å². The zero-order chi connectivity index (χ0) is 24.3. The Morgan fingerprint density at radius 3 is 2.74 bits per heavy atom. The quantitative estimate of drug-likeness (QED) is 0.481. The molecule has 0 aliphatic carbocycles. The summed E-state index contributed by atoms with van der Waals surface area (Å²) in [5.74, 6) is -2.51. The van der Waals surface area contributed by atoms with Crippen LogP contribution in [-0.2, 0) is 14.4 Å². The lowest BCUT2D eigenvalue weighted by molar-refractivity contribution is -0.163. The minimum Gasteiger partial charge on any atom is -0.489 e. The van der Waals surface area contributed by atoms with E-state index in [1.165, 1.54) is 34.9 Å². The molecule has 2 unspecified atom stereocenters. The van der Waals surface area contributed by atoms with E-state index in [1.807, 2.05) is 6.92 Å². The van der Waals surface area contributed by atoms with Crippen LogP contribution in [0.1, 0.15) is 18.9 Å². The van der Waals surface area contributed by atoms with Crippen molar-refractivity contribution < 1.29 is 34.4 Å². The molecule has 1 saturated heterocycles. The SMILES string of the molecule is C[C@H]1C(COc2ccc3nc(C4=NC(C(=O)O)CS4)sc3c2)=C(C(=O)O)N2C(=O)[C@H]([C@@H](C)O)C12. The Bertz CT molecular complexity index is 1280. The Morgan fingerprint density at radius 2 is 2.09 bits per heavy atom. The molecule has 178 valence electrons. The predicted molar refractivity (Wildman–Crippen MR) is 125 cm³/mol. The number of aliphatic imine (C=N–C) groups is 1. The van der Waals surface area contributed by atoms with E-state index in [0.717, 1.165) is 10.2 Å². The third kappa shape index (κ3) is 3.56. The Labute approximate surface area is 201 Å². The van der Waals surface area contributed by atoms with Gasteiger partial charge in [0.05, 0.1) is 28.3 Å². The molecule has 1 fully saturated rings. The zero-order valence-electron chi connectivity index (χ0n) is 18.2. The summed E-state index contributed by atoms with van der Waals surface area (Å²) in [6.45, 7) is 3.38. The molecule has 3 N–H and O–H groups in total. The maximum absolute atomic E-state index is 12.5. The number of hydrogen-bond donors (Lipinski definition) is 3. The molecule has 1 aromatic heterocycles. The molecule has 34 heavy (non-hydrogen) atoms. The van der Waals surface area contributed by atoms with Gasteiger partial charge in [0, 0.05) is 17.2 Å². The van der Waals surface area contributed by atoms with Gasteiger partial charge in [0.1, 0.15) is 28.1 Å². The van der Waals surface area contributed by atoms with Gasteiger partial charge >= 0.3 is 11.9 Å². The first-order valence-corrected chi connectivity index (χ1v) is 12.4. The van der Waals surface area contributed by atoms with Gasteiger partial charge in [-0.05, 0) is 25.1 Å². The van der Waals surface area contributed by atoms with Crippen LogP contribution in [0, 0.1) is 11.8 Å². The number of nitrogens with zero attached hydrogens (tertiary/aromatic N) is 3. The molecule has 12 heteroatoms. The lowest BCUT2D eigenvalue weighted by Gasteiger charge is -2.46. The van der Waals surface area contributed by atoms with E-state index in [-0.39, 0.29) is 30.2 Å². The van der Waals surface area contributed by atoms with Crippen LogP contribution in [0.3, 0.4) is 0 Å². The van der Waals surface area contributed by atoms with Crippen molar-refractivity contribution in [2.45, 2.75) is 32.0 Å². The third-order valence-electron chi connectivity index (χ3n) is 6.39. The number of thiazole rings is 1. The maximum Gasteiger partial charge on any atom is 0.352 e. The van der Waals surface area contributed by atoms with Crippen molar-refractivity contribution >= 4 is 56.2 Å². The van der Waals surface area contributed by atoms with E-state index in [1.54, 1.807) is 18.2 Å². The van der Waals surface area contributed by atoms with Gasteiger partial charge in [0.15, 0.2) is 6.04 Å². The highest BCUT2D eigenvalue weighted by molar-refractivity contribution is 8.15. The monoisotopic (exact) mass is 503 g/mol. The number of carbonyl (C=O) groups is 3. The van der Waals surface area contributed by atoms with Crippen LogP contribution in [0.25, 0.3) is 10.2 Å². The topological polar surface area (TPSA) is 150 Å². The van der Waals surface area contributed by atoms with Gasteiger partial charge in [-0.1, -0.05) is 6.92 Å². The second-order valence-electron chi connectivity index (χ2n) is 8.47. The Balaban J connectivity index is 1.36. The van der Waals surface area contributed by atoms with Gasteiger partial charge in [-0.3, -0.25) is 9.79 Å². The van der Waals surface area contributed by atoms with Crippen LogP contribution >= 0.6 is 23.1 Å². The van der Waals surface area contributed by atoms with Crippen LogP contribution in [0.15, 0.2) is 34.5 Å². The normalized spacial score (nSPS) is 27.0. The number of carbonyl (C=O) groups excluding carboxylic acids is 1. The van der Waals surface area contributed by atoms with Crippen LogP contribution in [0.2, 0.25) is 0 Å². The van der Waals surface area contributed by atoms with Crippen LogP contribution in [0.4, 0.5) is 0 Å². The molecule has 0 spiro atoms. The van der Waals surface area contributed by atoms with Crippen molar-refractivity contribution in [3.05, 3.63) is 34.5 Å². The molecule has 0 saturated carbocycles. The molecule has 5 rings (SSSR count). The number of aliphatic hydroxyl groups is 1. The first-order valence-electron chi connectivity index (χ1n) is 10.6. The van der Waals surface area contributed by atoms with E-state index < -0.39 is 30.0 Å². The summed E-state index contributed by atoms with van der Waals surface area (Å²) < 4.78 is 6.76. The molecule has 2 aromatic rings. The molecule has 1 aromatic carbocycles. The number of benzene rings is 1. The first kappa shape index (κ1) is 22.8. The summed E-state index contributed by atoms with van der Waals surface area (Å²) in [5, 5.41) is 30.1. The fourth-order valence-electron chi connectivity index (χ4n) is 4.70. The number of hydrogen-bond acceptors (Lipinski definition) is 9. The number of carboxylic acid groups (broad SMARTS) is 2. The van der Waals surface area contributed by atoms with Crippen LogP contribution < -0.4 is 4.74 Å². The highest BCUT2D eigenvalue weighted by Crippen LogP contribution is 2.47. The number of thioether (sulfide) groups is 1. The summed E-state index contributed by atoms with van der Waals surface area (Å²) in [4.78, 5) is 45.6. The smallest absolute Gasteiger partial charge is 0.352 e. The van der Waals surface area contributed by atoms with Crippen molar-refractivity contribution in [1.82, 2.24) is 9.88 Å². The van der Waals surface area contributed by atoms with Gasteiger partial charge in [0.2, 0.25) is 5.91 Å². The minimum atomic E-state index is -1.19. The van der Waals surface area contributed by atoms with Crippen molar-refractivity contribution in [3.8, 4) is 5.75 Å². The number of rotatable bonds is 7. The van der Waals surface area contributed by atoms with Gasteiger partial charge in [-0.15, -0.1) is 23.1 Å². The van der Waals surface area contributed by atoms with Crippen LogP contribution in [0.5, 0.6) is 5.75 Å².